The summed E-state index contributed by atoms with van der Waals surface area (Å²) in [6.45, 7) is 3.97. The Hall–Kier alpha value is -0.570. The fourth-order valence-electron chi connectivity index (χ4n) is 0.421. The second-order valence-corrected chi connectivity index (χ2v) is 1.49. The highest BCUT2D eigenvalue weighted by molar-refractivity contribution is 5.47. The van der Waals surface area contributed by atoms with Gasteiger partial charge in [-0.2, -0.15) is 0 Å². The molecule has 0 aliphatic rings. The van der Waals surface area contributed by atoms with Gasteiger partial charge in [-0.3, -0.25) is 4.79 Å². The molecule has 0 spiro atoms. The maximum Gasteiger partial charge on any atom is 0.211 e. The predicted molar refractivity (Wildman–Crippen MR) is 31.5 cm³/mol. The van der Waals surface area contributed by atoms with Crippen molar-refractivity contribution in [1.29, 1.82) is 0 Å². The van der Waals surface area contributed by atoms with Crippen LogP contribution >= 0.6 is 0 Å². The van der Waals surface area contributed by atoms with Gasteiger partial charge in [0, 0.05) is 6.54 Å². The fraction of sp³-hybridized carbons (Fsp3) is 0.600. The number of carbonyl (C=O) groups excluding carboxylic acids is 1. The van der Waals surface area contributed by atoms with E-state index in [0.29, 0.717) is 13.0 Å². The minimum Gasteiger partial charge on any atom is -0.326 e. The van der Waals surface area contributed by atoms with E-state index in [1.165, 1.54) is 11.6 Å². The number of carbonyl (C=O) groups is 1. The molecular weight excluding hydrogens is 104 g/mol. The van der Waals surface area contributed by atoms with Crippen LogP contribution in [0.25, 0.3) is 0 Å². The van der Waals surface area contributed by atoms with Crippen LogP contribution < -0.4 is 5.73 Å². The maximum atomic E-state index is 9.94. The van der Waals surface area contributed by atoms with Crippen molar-refractivity contribution in [3.05, 3.63) is 6.67 Å². The molecule has 2 N–H and O–H groups in total. The summed E-state index contributed by atoms with van der Waals surface area (Å²) in [6, 6.07) is 0. The largest absolute Gasteiger partial charge is 0.326 e. The molecule has 0 saturated heterocycles. The topological polar surface area (TPSA) is 46.3 Å². The van der Waals surface area contributed by atoms with Crippen molar-refractivity contribution < 1.29 is 4.79 Å². The van der Waals surface area contributed by atoms with Crippen LogP contribution in [-0.4, -0.2) is 17.9 Å². The lowest BCUT2D eigenvalue weighted by atomic mass is 10.5. The highest BCUT2D eigenvalue weighted by Gasteiger charge is 1.92. The average Bonchev–Trinajstić information content (AvgIpc) is 1.83. The Morgan fingerprint density at radius 1 is 1.75 bits per heavy atom. The Kier molecular flexibility index (Phi) is 4.26. The standard InChI is InChI=1S/C5H11N2O/c1-2-3-7(4-6)5-8/h4-5H,2-3,6H2,1H3. The van der Waals surface area contributed by atoms with Crippen molar-refractivity contribution >= 4 is 6.41 Å². The number of hydrogen-bond acceptors (Lipinski definition) is 2. The zero-order valence-corrected chi connectivity index (χ0v) is 5.00. The van der Waals surface area contributed by atoms with Crippen LogP contribution in [0, 0.1) is 6.67 Å². The molecule has 0 rings (SSSR count). The van der Waals surface area contributed by atoms with Gasteiger partial charge in [-0.25, -0.2) is 0 Å². The monoisotopic (exact) mass is 115 g/mol. The molecule has 0 aromatic heterocycles. The number of nitrogens with zero attached hydrogens (tertiary/aromatic N) is 1. The van der Waals surface area contributed by atoms with Crippen LogP contribution in [0.15, 0.2) is 0 Å². The lowest BCUT2D eigenvalue weighted by molar-refractivity contribution is -0.116. The fourth-order valence-corrected chi connectivity index (χ4v) is 0.421. The first-order valence-electron chi connectivity index (χ1n) is 2.61. The molecule has 0 atom stereocenters. The summed E-state index contributed by atoms with van der Waals surface area (Å²) in [5, 5.41) is 0. The Bertz CT molecular complexity index is 65.4. The van der Waals surface area contributed by atoms with E-state index in [4.69, 9.17) is 5.73 Å². The number of nitrogens with two attached hydrogens (primary N) is 1. The van der Waals surface area contributed by atoms with Gasteiger partial charge in [-0.05, 0) is 6.42 Å². The first-order valence-corrected chi connectivity index (χ1v) is 2.61. The minimum absolute atomic E-state index is 0.708. The molecular formula is C5H11N2O. The second kappa shape index (κ2) is 4.59. The third kappa shape index (κ3) is 2.58. The molecule has 0 unspecified atom stereocenters. The van der Waals surface area contributed by atoms with Gasteiger partial charge in [-0.1, -0.05) is 6.92 Å². The molecule has 1 radical (unpaired) electrons. The molecule has 0 heterocycles. The summed E-state index contributed by atoms with van der Waals surface area (Å²) in [5.41, 5.74) is 5.04. The molecule has 0 saturated carbocycles. The van der Waals surface area contributed by atoms with Crippen LogP contribution in [0.3, 0.4) is 0 Å². The average molecular weight is 115 g/mol. The predicted octanol–water partition coefficient (Wildman–Crippen LogP) is -0.0672. The molecule has 0 fully saturated rings. The zero-order valence-electron chi connectivity index (χ0n) is 5.00. The molecule has 3 heteroatoms. The highest BCUT2D eigenvalue weighted by Crippen LogP contribution is 1.83. The molecule has 1 amide bonds. The van der Waals surface area contributed by atoms with E-state index in [2.05, 4.69) is 0 Å². The van der Waals surface area contributed by atoms with Crippen LogP contribution in [0.1, 0.15) is 13.3 Å². The number of amides is 1. The van der Waals surface area contributed by atoms with Gasteiger partial charge in [0.1, 0.15) is 6.67 Å². The van der Waals surface area contributed by atoms with E-state index < -0.39 is 0 Å². The smallest absolute Gasteiger partial charge is 0.211 e. The third-order valence-electron chi connectivity index (χ3n) is 0.809. The van der Waals surface area contributed by atoms with Crippen molar-refractivity contribution in [3.8, 4) is 0 Å². The molecule has 8 heavy (non-hydrogen) atoms. The van der Waals surface area contributed by atoms with E-state index >= 15 is 0 Å². The SMILES string of the molecule is CCCN([CH]N)C=O. The van der Waals surface area contributed by atoms with Crippen LogP contribution in [0.5, 0.6) is 0 Å². The minimum atomic E-state index is 0.708. The van der Waals surface area contributed by atoms with Crippen LogP contribution in [-0.2, 0) is 4.79 Å². The lowest BCUT2D eigenvalue weighted by Gasteiger charge is -2.10. The van der Waals surface area contributed by atoms with Crippen LogP contribution in [0.4, 0.5) is 0 Å². The summed E-state index contributed by atoms with van der Waals surface area (Å²) < 4.78 is 0. The normalized spacial score (nSPS) is 8.75. The zero-order chi connectivity index (χ0) is 6.41. The summed E-state index contributed by atoms with van der Waals surface area (Å²) in [5.74, 6) is 0. The van der Waals surface area contributed by atoms with Crippen LogP contribution in [0.2, 0.25) is 0 Å². The molecule has 0 aliphatic carbocycles. The molecule has 3 nitrogen and oxygen atoms in total. The van der Waals surface area contributed by atoms with E-state index in [1.807, 2.05) is 6.92 Å². The van der Waals surface area contributed by atoms with Gasteiger partial charge in [0.25, 0.3) is 0 Å². The quantitative estimate of drug-likeness (QED) is 0.521. The third-order valence-corrected chi connectivity index (χ3v) is 0.809. The first kappa shape index (κ1) is 7.43. The molecule has 0 aromatic rings. The van der Waals surface area contributed by atoms with Gasteiger partial charge < -0.3 is 10.6 Å². The maximum absolute atomic E-state index is 9.94. The van der Waals surface area contributed by atoms with E-state index in [-0.39, 0.29) is 0 Å². The molecule has 0 aromatic carbocycles. The van der Waals surface area contributed by atoms with Gasteiger partial charge in [0.15, 0.2) is 0 Å². The summed E-state index contributed by atoms with van der Waals surface area (Å²) in [4.78, 5) is 11.3. The summed E-state index contributed by atoms with van der Waals surface area (Å²) >= 11 is 0. The van der Waals surface area contributed by atoms with Crippen molar-refractivity contribution in [1.82, 2.24) is 4.90 Å². The summed E-state index contributed by atoms with van der Waals surface area (Å²) in [7, 11) is 0. The Morgan fingerprint density at radius 2 is 2.38 bits per heavy atom. The van der Waals surface area contributed by atoms with E-state index in [0.717, 1.165) is 6.42 Å². The Labute approximate surface area is 49.5 Å². The van der Waals surface area contributed by atoms with Gasteiger partial charge in [-0.15, -0.1) is 0 Å². The van der Waals surface area contributed by atoms with Gasteiger partial charge in [0.05, 0.1) is 0 Å². The Balaban J connectivity index is 3.21. The van der Waals surface area contributed by atoms with Crippen molar-refractivity contribution in [2.45, 2.75) is 13.3 Å². The van der Waals surface area contributed by atoms with Crippen molar-refractivity contribution in [2.24, 2.45) is 5.73 Å². The van der Waals surface area contributed by atoms with E-state index in [9.17, 15) is 4.79 Å². The van der Waals surface area contributed by atoms with Gasteiger partial charge in [0.2, 0.25) is 6.41 Å². The highest BCUT2D eigenvalue weighted by atomic mass is 16.1. The number of hydrogen-bond donors (Lipinski definition) is 1. The lowest BCUT2D eigenvalue weighted by Crippen LogP contribution is -2.23. The van der Waals surface area contributed by atoms with Crippen molar-refractivity contribution in [3.63, 3.8) is 0 Å². The first-order chi connectivity index (χ1) is 3.85. The van der Waals surface area contributed by atoms with Crippen molar-refractivity contribution in [2.75, 3.05) is 6.54 Å². The molecule has 0 aliphatic heterocycles. The Morgan fingerprint density at radius 3 is 2.50 bits per heavy atom. The van der Waals surface area contributed by atoms with Gasteiger partial charge >= 0.3 is 0 Å². The molecule has 0 bridgehead atoms. The second-order valence-electron chi connectivity index (χ2n) is 1.49. The molecule has 47 valence electrons. The summed E-state index contributed by atoms with van der Waals surface area (Å²) in [6.07, 6.45) is 1.65. The number of rotatable bonds is 4. The van der Waals surface area contributed by atoms with E-state index in [1.54, 1.807) is 0 Å².